The molecule has 0 saturated heterocycles. The molecule has 166 valence electrons. The molecule has 2 aromatic rings. The standard InChI is InChI=1S/C21H18F3N5O2S/c1-4-7-31-14-9-26-15(10(2)27-14)18(30)28-11-5-6-13(22)12(8-11)20(3)16-17(21(16,23)24)32-19(25)29-20/h1,5-6,8-9,16-17H,7H2,2-3H3,(H2,25,29)(H,28,30)/t16-,17?,20-/m1/s1. The third-order valence-electron chi connectivity index (χ3n) is 5.40. The first-order valence-corrected chi connectivity index (χ1v) is 10.4. The van der Waals surface area contributed by atoms with Gasteiger partial charge in [0.2, 0.25) is 5.88 Å². The summed E-state index contributed by atoms with van der Waals surface area (Å²) in [4.78, 5) is 25.0. The predicted octanol–water partition coefficient (Wildman–Crippen LogP) is 3.10. The topological polar surface area (TPSA) is 102 Å². The molecule has 0 radical (unpaired) electrons. The number of alkyl halides is 2. The summed E-state index contributed by atoms with van der Waals surface area (Å²) in [6, 6.07) is 3.70. The van der Waals surface area contributed by atoms with Crippen LogP contribution in [0.1, 0.15) is 28.7 Å². The maximum absolute atomic E-state index is 14.7. The van der Waals surface area contributed by atoms with E-state index in [0.29, 0.717) is 0 Å². The Labute approximate surface area is 186 Å². The average molecular weight is 461 g/mol. The number of nitrogens with one attached hydrogen (secondary N) is 1. The van der Waals surface area contributed by atoms with Gasteiger partial charge in [0.15, 0.2) is 11.8 Å². The van der Waals surface area contributed by atoms with Crippen molar-refractivity contribution in [1.82, 2.24) is 9.97 Å². The molecule has 11 heteroatoms. The number of hydrogen-bond donors (Lipinski definition) is 2. The number of thioether (sulfide) groups is 1. The van der Waals surface area contributed by atoms with Crippen molar-refractivity contribution in [3.05, 3.63) is 47.2 Å². The summed E-state index contributed by atoms with van der Waals surface area (Å²) in [6.45, 7) is 2.99. The molecule has 4 rings (SSSR count). The van der Waals surface area contributed by atoms with Crippen molar-refractivity contribution >= 4 is 28.5 Å². The van der Waals surface area contributed by atoms with Crippen LogP contribution in [0.3, 0.4) is 0 Å². The Kier molecular flexibility index (Phi) is 5.29. The van der Waals surface area contributed by atoms with Crippen LogP contribution in [-0.2, 0) is 5.54 Å². The monoisotopic (exact) mass is 461 g/mol. The number of terminal acetylenes is 1. The molecule has 1 aromatic carbocycles. The van der Waals surface area contributed by atoms with E-state index in [0.717, 1.165) is 17.8 Å². The lowest BCUT2D eigenvalue weighted by Gasteiger charge is -2.29. The van der Waals surface area contributed by atoms with Crippen LogP contribution in [0.15, 0.2) is 29.4 Å². The highest BCUT2D eigenvalue weighted by Crippen LogP contribution is 2.66. The summed E-state index contributed by atoms with van der Waals surface area (Å²) in [7, 11) is 0. The van der Waals surface area contributed by atoms with Gasteiger partial charge in [-0.15, -0.1) is 6.42 Å². The maximum atomic E-state index is 14.7. The highest BCUT2D eigenvalue weighted by atomic mass is 32.2. The van der Waals surface area contributed by atoms with Gasteiger partial charge in [-0.3, -0.25) is 9.79 Å². The van der Waals surface area contributed by atoms with Crippen molar-refractivity contribution < 1.29 is 22.7 Å². The highest BCUT2D eigenvalue weighted by molar-refractivity contribution is 8.14. The molecule has 3 atom stereocenters. The quantitative estimate of drug-likeness (QED) is 0.664. The van der Waals surface area contributed by atoms with Crippen molar-refractivity contribution in [3.8, 4) is 18.2 Å². The van der Waals surface area contributed by atoms with E-state index in [4.69, 9.17) is 16.9 Å². The molecule has 0 bridgehead atoms. The number of carbonyl (C=O) groups is 1. The Morgan fingerprint density at radius 2 is 2.19 bits per heavy atom. The minimum absolute atomic E-state index is 0.00316. The number of carbonyl (C=O) groups excluding carboxylic acids is 1. The van der Waals surface area contributed by atoms with Gasteiger partial charge in [0.25, 0.3) is 11.8 Å². The Balaban J connectivity index is 1.61. The fourth-order valence-electron chi connectivity index (χ4n) is 3.85. The number of aromatic nitrogens is 2. The average Bonchev–Trinajstić information content (AvgIpc) is 3.28. The predicted molar refractivity (Wildman–Crippen MR) is 114 cm³/mol. The second kappa shape index (κ2) is 7.70. The van der Waals surface area contributed by atoms with Crippen LogP contribution in [-0.4, -0.2) is 38.8 Å². The van der Waals surface area contributed by atoms with Gasteiger partial charge in [-0.2, -0.15) is 0 Å². The molecule has 1 unspecified atom stereocenters. The Morgan fingerprint density at radius 1 is 1.44 bits per heavy atom. The number of amides is 1. The number of amidine groups is 1. The zero-order valence-corrected chi connectivity index (χ0v) is 17.8. The van der Waals surface area contributed by atoms with E-state index in [2.05, 4.69) is 26.2 Å². The Bertz CT molecular complexity index is 1180. The van der Waals surface area contributed by atoms with Crippen molar-refractivity contribution in [2.75, 3.05) is 11.9 Å². The molecular formula is C21H18F3N5O2S. The van der Waals surface area contributed by atoms with Crippen molar-refractivity contribution in [2.24, 2.45) is 16.6 Å². The summed E-state index contributed by atoms with van der Waals surface area (Å²) in [5, 5.41) is 1.50. The lowest BCUT2D eigenvalue weighted by Crippen LogP contribution is -2.32. The van der Waals surface area contributed by atoms with E-state index in [-0.39, 0.29) is 40.3 Å². The first kappa shape index (κ1) is 22.0. The zero-order valence-electron chi connectivity index (χ0n) is 17.0. The van der Waals surface area contributed by atoms with E-state index in [1.165, 1.54) is 25.3 Å². The molecule has 1 aromatic heterocycles. The van der Waals surface area contributed by atoms with Crippen molar-refractivity contribution in [1.29, 1.82) is 0 Å². The molecule has 1 amide bonds. The summed E-state index contributed by atoms with van der Waals surface area (Å²) >= 11 is 0.794. The molecule has 2 heterocycles. The van der Waals surface area contributed by atoms with Gasteiger partial charge in [-0.1, -0.05) is 17.7 Å². The van der Waals surface area contributed by atoms with E-state index >= 15 is 0 Å². The van der Waals surface area contributed by atoms with E-state index in [9.17, 15) is 18.0 Å². The summed E-state index contributed by atoms with van der Waals surface area (Å²) in [6.07, 6.45) is 6.38. The lowest BCUT2D eigenvalue weighted by atomic mass is 9.86. The van der Waals surface area contributed by atoms with Gasteiger partial charge in [-0.25, -0.2) is 23.1 Å². The highest BCUT2D eigenvalue weighted by Gasteiger charge is 2.77. The molecule has 3 N–H and O–H groups in total. The zero-order chi connectivity index (χ0) is 23.3. The van der Waals surface area contributed by atoms with Crippen LogP contribution in [0.4, 0.5) is 18.9 Å². The number of benzene rings is 1. The van der Waals surface area contributed by atoms with Crippen LogP contribution in [0.2, 0.25) is 0 Å². The van der Waals surface area contributed by atoms with Gasteiger partial charge >= 0.3 is 0 Å². The molecule has 32 heavy (non-hydrogen) atoms. The second-order valence-corrected chi connectivity index (χ2v) is 8.73. The number of aliphatic imine (C=N–C) groups is 1. The van der Waals surface area contributed by atoms with Gasteiger partial charge in [0.1, 0.15) is 11.5 Å². The van der Waals surface area contributed by atoms with Gasteiger partial charge in [0, 0.05) is 11.3 Å². The number of anilines is 1. The van der Waals surface area contributed by atoms with Crippen LogP contribution >= 0.6 is 11.8 Å². The third-order valence-corrected chi connectivity index (χ3v) is 6.57. The van der Waals surface area contributed by atoms with E-state index in [1.807, 2.05) is 0 Å². The molecule has 7 nitrogen and oxygen atoms in total. The Morgan fingerprint density at radius 3 is 2.88 bits per heavy atom. The van der Waals surface area contributed by atoms with E-state index in [1.54, 1.807) is 6.92 Å². The first-order valence-electron chi connectivity index (χ1n) is 9.49. The van der Waals surface area contributed by atoms with E-state index < -0.39 is 34.4 Å². The number of nitrogens with two attached hydrogens (primary N) is 1. The molecule has 1 saturated carbocycles. The number of fused-ring (bicyclic) bond motifs is 1. The normalized spacial score (nSPS) is 25.2. The maximum Gasteiger partial charge on any atom is 0.276 e. The van der Waals surface area contributed by atoms with Gasteiger partial charge in [-0.05, 0) is 32.0 Å². The number of halogens is 3. The largest absolute Gasteiger partial charge is 0.463 e. The SMILES string of the molecule is C#CCOc1cnc(C(=O)Nc2ccc(F)c([C@@]3(C)N=C(N)SC4[C@H]3C4(F)F)c2)c(C)n1. The minimum Gasteiger partial charge on any atom is -0.463 e. The molecular weight excluding hydrogens is 443 g/mol. The summed E-state index contributed by atoms with van der Waals surface area (Å²) in [5.74, 6) is -3.09. The minimum atomic E-state index is -3.02. The molecule has 0 spiro atoms. The summed E-state index contributed by atoms with van der Waals surface area (Å²) < 4.78 is 48.5. The number of hydrogen-bond acceptors (Lipinski definition) is 7. The summed E-state index contributed by atoms with van der Waals surface area (Å²) in [5.41, 5.74) is 4.58. The van der Waals surface area contributed by atoms with Crippen molar-refractivity contribution in [2.45, 2.75) is 30.6 Å². The molecule has 1 fully saturated rings. The molecule has 1 aliphatic heterocycles. The van der Waals surface area contributed by atoms with Crippen molar-refractivity contribution in [3.63, 3.8) is 0 Å². The second-order valence-electron chi connectivity index (χ2n) is 7.57. The van der Waals surface area contributed by atoms with Gasteiger partial charge in [0.05, 0.1) is 28.6 Å². The molecule has 2 aliphatic rings. The Hall–Kier alpha value is -3.26. The number of nitrogens with zero attached hydrogens (tertiary/aromatic N) is 3. The first-order chi connectivity index (χ1) is 15.1. The molecule has 1 aliphatic carbocycles. The van der Waals surface area contributed by atoms with Crippen LogP contribution in [0.25, 0.3) is 0 Å². The number of rotatable bonds is 5. The fourth-order valence-corrected chi connectivity index (χ4v) is 5.16. The number of aryl methyl sites for hydroxylation is 1. The lowest BCUT2D eigenvalue weighted by molar-refractivity contribution is 0.0819. The van der Waals surface area contributed by atoms with Gasteiger partial charge < -0.3 is 15.8 Å². The fraction of sp³-hybridized carbons (Fsp3) is 0.333. The van der Waals surface area contributed by atoms with Crippen LogP contribution in [0, 0.1) is 31.0 Å². The number of ether oxygens (including phenoxy) is 1. The van der Waals surface area contributed by atoms with Crippen LogP contribution < -0.4 is 15.8 Å². The third kappa shape index (κ3) is 3.64. The van der Waals surface area contributed by atoms with Crippen LogP contribution in [0.5, 0.6) is 5.88 Å². The smallest absolute Gasteiger partial charge is 0.276 e.